The van der Waals surface area contributed by atoms with Crippen molar-refractivity contribution in [3.05, 3.63) is 11.1 Å². The molecule has 0 aliphatic carbocycles. The standard InChI is InChI=1S/C10H20ClN/c1-3-4-5-6-7-12-9-10(2)8-11/h8,12H,3-7,9H2,1-2H3. The van der Waals surface area contributed by atoms with Gasteiger partial charge >= 0.3 is 0 Å². The van der Waals surface area contributed by atoms with Crippen LogP contribution in [0.2, 0.25) is 0 Å². The second-order valence-corrected chi connectivity index (χ2v) is 3.41. The third-order valence-corrected chi connectivity index (χ3v) is 2.17. The maximum atomic E-state index is 5.51. The molecule has 2 heteroatoms. The second-order valence-electron chi connectivity index (χ2n) is 3.19. The van der Waals surface area contributed by atoms with Crippen molar-refractivity contribution in [3.8, 4) is 0 Å². The van der Waals surface area contributed by atoms with E-state index in [1.54, 1.807) is 5.54 Å². The number of rotatable bonds is 7. The van der Waals surface area contributed by atoms with Gasteiger partial charge < -0.3 is 5.32 Å². The minimum absolute atomic E-state index is 0.926. The zero-order chi connectivity index (χ0) is 9.23. The summed E-state index contributed by atoms with van der Waals surface area (Å²) in [5.74, 6) is 0. The van der Waals surface area contributed by atoms with E-state index in [2.05, 4.69) is 12.2 Å². The summed E-state index contributed by atoms with van der Waals surface area (Å²) in [6.45, 7) is 6.30. The van der Waals surface area contributed by atoms with Gasteiger partial charge in [-0.3, -0.25) is 0 Å². The number of hydrogen-bond acceptors (Lipinski definition) is 1. The van der Waals surface area contributed by atoms with Crippen molar-refractivity contribution >= 4 is 11.6 Å². The lowest BCUT2D eigenvalue weighted by molar-refractivity contribution is 0.615. The minimum Gasteiger partial charge on any atom is -0.313 e. The van der Waals surface area contributed by atoms with E-state index in [9.17, 15) is 0 Å². The van der Waals surface area contributed by atoms with Crippen molar-refractivity contribution in [1.29, 1.82) is 0 Å². The van der Waals surface area contributed by atoms with E-state index in [0.717, 1.165) is 13.1 Å². The summed E-state index contributed by atoms with van der Waals surface area (Å²) < 4.78 is 0. The first-order valence-electron chi connectivity index (χ1n) is 4.77. The zero-order valence-electron chi connectivity index (χ0n) is 8.20. The molecule has 1 nitrogen and oxygen atoms in total. The van der Waals surface area contributed by atoms with E-state index < -0.39 is 0 Å². The fourth-order valence-corrected chi connectivity index (χ4v) is 1.08. The summed E-state index contributed by atoms with van der Waals surface area (Å²) in [6.07, 6.45) is 5.28. The molecule has 72 valence electrons. The van der Waals surface area contributed by atoms with E-state index in [4.69, 9.17) is 11.6 Å². The number of unbranched alkanes of at least 4 members (excludes halogenated alkanes) is 3. The van der Waals surface area contributed by atoms with Gasteiger partial charge in [-0.15, -0.1) is 0 Å². The normalized spacial score (nSPS) is 12.1. The van der Waals surface area contributed by atoms with Crippen molar-refractivity contribution in [2.45, 2.75) is 39.5 Å². The number of hydrogen-bond donors (Lipinski definition) is 1. The fraction of sp³-hybridized carbons (Fsp3) is 0.800. The monoisotopic (exact) mass is 189 g/mol. The molecule has 0 aromatic carbocycles. The van der Waals surface area contributed by atoms with E-state index >= 15 is 0 Å². The third-order valence-electron chi connectivity index (χ3n) is 1.80. The molecular weight excluding hydrogens is 170 g/mol. The van der Waals surface area contributed by atoms with Crippen molar-refractivity contribution in [2.24, 2.45) is 0 Å². The Balaban J connectivity index is 3.00. The lowest BCUT2D eigenvalue weighted by atomic mass is 10.2. The highest BCUT2D eigenvalue weighted by Gasteiger charge is 1.89. The van der Waals surface area contributed by atoms with Crippen LogP contribution in [0.3, 0.4) is 0 Å². The van der Waals surface area contributed by atoms with Crippen molar-refractivity contribution < 1.29 is 0 Å². The lowest BCUT2D eigenvalue weighted by Gasteiger charge is -2.03. The Kier molecular flexibility index (Phi) is 9.07. The Morgan fingerprint density at radius 3 is 2.67 bits per heavy atom. The van der Waals surface area contributed by atoms with Gasteiger partial charge in [-0.25, -0.2) is 0 Å². The molecule has 0 aliphatic rings. The van der Waals surface area contributed by atoms with Gasteiger partial charge in [0.05, 0.1) is 0 Å². The molecule has 0 atom stereocenters. The summed E-state index contributed by atoms with van der Waals surface area (Å²) in [4.78, 5) is 0. The van der Waals surface area contributed by atoms with E-state index in [-0.39, 0.29) is 0 Å². The first-order valence-corrected chi connectivity index (χ1v) is 5.21. The van der Waals surface area contributed by atoms with Gasteiger partial charge in [0.2, 0.25) is 0 Å². The molecule has 0 rings (SSSR count). The van der Waals surface area contributed by atoms with Crippen LogP contribution in [0.25, 0.3) is 0 Å². The van der Waals surface area contributed by atoms with Crippen LogP contribution >= 0.6 is 11.6 Å². The minimum atomic E-state index is 0.926. The summed E-state index contributed by atoms with van der Waals surface area (Å²) in [6, 6.07) is 0. The molecular formula is C10H20ClN. The van der Waals surface area contributed by atoms with Crippen LogP contribution in [0.15, 0.2) is 11.1 Å². The quantitative estimate of drug-likeness (QED) is 0.606. The highest BCUT2D eigenvalue weighted by atomic mass is 35.5. The predicted octanol–water partition coefficient (Wildman–Crippen LogP) is 3.30. The maximum Gasteiger partial charge on any atom is 0.0173 e. The van der Waals surface area contributed by atoms with Crippen molar-refractivity contribution in [3.63, 3.8) is 0 Å². The highest BCUT2D eigenvalue weighted by Crippen LogP contribution is 1.97. The van der Waals surface area contributed by atoms with Crippen LogP contribution in [0.4, 0.5) is 0 Å². The summed E-state index contributed by atoms with van der Waals surface area (Å²) in [7, 11) is 0. The first-order chi connectivity index (χ1) is 5.81. The molecule has 0 bridgehead atoms. The van der Waals surface area contributed by atoms with Crippen LogP contribution in [-0.4, -0.2) is 13.1 Å². The molecule has 0 aromatic heterocycles. The molecule has 12 heavy (non-hydrogen) atoms. The molecule has 0 unspecified atom stereocenters. The van der Waals surface area contributed by atoms with Crippen LogP contribution in [-0.2, 0) is 0 Å². The van der Waals surface area contributed by atoms with E-state index in [0.29, 0.717) is 0 Å². The average Bonchev–Trinajstić information content (AvgIpc) is 2.10. The van der Waals surface area contributed by atoms with Gasteiger partial charge in [0.1, 0.15) is 0 Å². The molecule has 0 amide bonds. The zero-order valence-corrected chi connectivity index (χ0v) is 8.95. The fourth-order valence-electron chi connectivity index (χ4n) is 1.00. The number of nitrogens with one attached hydrogen (secondary N) is 1. The molecule has 0 heterocycles. The Hall–Kier alpha value is -0.0100. The predicted molar refractivity (Wildman–Crippen MR) is 56.6 cm³/mol. The topological polar surface area (TPSA) is 12.0 Å². The van der Waals surface area contributed by atoms with Gasteiger partial charge in [-0.1, -0.05) is 37.8 Å². The summed E-state index contributed by atoms with van der Waals surface area (Å²) >= 11 is 5.51. The van der Waals surface area contributed by atoms with Gasteiger partial charge in [0, 0.05) is 12.1 Å². The maximum absolute atomic E-state index is 5.51. The van der Waals surface area contributed by atoms with Crippen LogP contribution < -0.4 is 5.32 Å². The molecule has 0 spiro atoms. The average molecular weight is 190 g/mol. The van der Waals surface area contributed by atoms with E-state index in [1.165, 1.54) is 31.3 Å². The SMILES string of the molecule is CCCCCCNCC(C)=CCl. The summed E-state index contributed by atoms with van der Waals surface area (Å²) in [5, 5.41) is 3.34. The Bertz CT molecular complexity index is 121. The molecule has 0 aliphatic heterocycles. The molecule has 1 N–H and O–H groups in total. The van der Waals surface area contributed by atoms with Gasteiger partial charge in [0.25, 0.3) is 0 Å². The largest absolute Gasteiger partial charge is 0.313 e. The van der Waals surface area contributed by atoms with Crippen LogP contribution in [0, 0.1) is 0 Å². The van der Waals surface area contributed by atoms with Crippen molar-refractivity contribution in [1.82, 2.24) is 5.32 Å². The Morgan fingerprint density at radius 1 is 1.33 bits per heavy atom. The smallest absolute Gasteiger partial charge is 0.0173 e. The van der Waals surface area contributed by atoms with Crippen LogP contribution in [0.1, 0.15) is 39.5 Å². The molecule has 0 fully saturated rings. The van der Waals surface area contributed by atoms with Crippen LogP contribution in [0.5, 0.6) is 0 Å². The highest BCUT2D eigenvalue weighted by molar-refractivity contribution is 6.25. The van der Waals surface area contributed by atoms with Crippen molar-refractivity contribution in [2.75, 3.05) is 13.1 Å². The first kappa shape index (κ1) is 12.0. The lowest BCUT2D eigenvalue weighted by Crippen LogP contribution is -2.17. The Morgan fingerprint density at radius 2 is 2.08 bits per heavy atom. The third kappa shape index (κ3) is 8.09. The Labute approximate surface area is 81.2 Å². The molecule has 0 saturated carbocycles. The van der Waals surface area contributed by atoms with Gasteiger partial charge in [-0.2, -0.15) is 0 Å². The second kappa shape index (κ2) is 9.08. The molecule has 0 saturated heterocycles. The van der Waals surface area contributed by atoms with E-state index in [1.807, 2.05) is 6.92 Å². The summed E-state index contributed by atoms with van der Waals surface area (Å²) in [5.41, 5.74) is 2.84. The molecule has 0 radical (unpaired) electrons. The van der Waals surface area contributed by atoms with Gasteiger partial charge in [0.15, 0.2) is 0 Å². The number of halogens is 1. The van der Waals surface area contributed by atoms with Gasteiger partial charge in [-0.05, 0) is 25.5 Å². The molecule has 0 aromatic rings.